The molecule has 21 heavy (non-hydrogen) atoms. The number of thioether (sulfide) groups is 1. The lowest BCUT2D eigenvalue weighted by Crippen LogP contribution is -2.25. The third-order valence-corrected chi connectivity index (χ3v) is 3.42. The lowest BCUT2D eigenvalue weighted by molar-refractivity contribution is -0.151. The summed E-state index contributed by atoms with van der Waals surface area (Å²) in [4.78, 5) is 11.7. The number of carbonyl (C=O) groups is 1. The molecular weight excluding hydrogens is 292 g/mol. The number of nitrogen functional groups attached to an aromatic ring is 1. The fraction of sp³-hybridized carbons (Fsp3) is 0.462. The summed E-state index contributed by atoms with van der Waals surface area (Å²) in [6.45, 7) is 7.28. The predicted octanol–water partition coefficient (Wildman–Crippen LogP) is 1.99. The molecule has 2 N–H and O–H groups in total. The molecule has 0 aliphatic carbocycles. The minimum atomic E-state index is -0.507. The Hall–Kier alpha value is -1.96. The molecule has 114 valence electrons. The van der Waals surface area contributed by atoms with Crippen LogP contribution in [-0.4, -0.2) is 32.2 Å². The highest BCUT2D eigenvalue weighted by atomic mass is 32.2. The molecule has 0 aliphatic rings. The number of aromatic nitrogens is 3. The number of carbonyl (C=O) groups excluding carboxylic acids is 1. The molecule has 2 rings (SSSR count). The van der Waals surface area contributed by atoms with Crippen molar-refractivity contribution < 1.29 is 13.9 Å². The van der Waals surface area contributed by atoms with Gasteiger partial charge in [0, 0.05) is 0 Å². The maximum absolute atomic E-state index is 11.7. The quantitative estimate of drug-likeness (QED) is 0.524. The van der Waals surface area contributed by atoms with Crippen molar-refractivity contribution in [1.82, 2.24) is 14.9 Å². The van der Waals surface area contributed by atoms with Crippen LogP contribution in [0.1, 0.15) is 26.5 Å². The molecule has 2 aromatic heterocycles. The van der Waals surface area contributed by atoms with E-state index in [0.717, 1.165) is 5.56 Å². The molecule has 7 nitrogen and oxygen atoms in total. The van der Waals surface area contributed by atoms with Crippen molar-refractivity contribution in [3.8, 4) is 11.4 Å². The van der Waals surface area contributed by atoms with E-state index in [2.05, 4.69) is 10.2 Å². The maximum Gasteiger partial charge on any atom is 0.316 e. The van der Waals surface area contributed by atoms with Gasteiger partial charge in [-0.3, -0.25) is 4.79 Å². The zero-order valence-corrected chi connectivity index (χ0v) is 13.2. The van der Waals surface area contributed by atoms with Crippen LogP contribution < -0.4 is 5.84 Å². The Morgan fingerprint density at radius 1 is 1.48 bits per heavy atom. The van der Waals surface area contributed by atoms with Gasteiger partial charge in [-0.15, -0.1) is 10.2 Å². The molecular formula is C13H18N4O3S. The number of furan rings is 1. The van der Waals surface area contributed by atoms with E-state index in [-0.39, 0.29) is 11.7 Å². The Balaban J connectivity index is 2.05. The van der Waals surface area contributed by atoms with Gasteiger partial charge in [0.15, 0.2) is 5.82 Å². The average molecular weight is 310 g/mol. The fourth-order valence-electron chi connectivity index (χ4n) is 1.67. The van der Waals surface area contributed by atoms with Gasteiger partial charge in [-0.1, -0.05) is 11.8 Å². The van der Waals surface area contributed by atoms with Crippen LogP contribution in [0.3, 0.4) is 0 Å². The first-order valence-corrected chi connectivity index (χ1v) is 7.36. The van der Waals surface area contributed by atoms with Gasteiger partial charge in [0.2, 0.25) is 5.16 Å². The first kappa shape index (κ1) is 15.4. The molecule has 0 bridgehead atoms. The van der Waals surface area contributed by atoms with Gasteiger partial charge in [0.1, 0.15) is 11.4 Å². The van der Waals surface area contributed by atoms with Crippen molar-refractivity contribution >= 4 is 17.7 Å². The highest BCUT2D eigenvalue weighted by molar-refractivity contribution is 7.99. The van der Waals surface area contributed by atoms with Crippen molar-refractivity contribution in [3.05, 3.63) is 18.1 Å². The number of hydrogen-bond donors (Lipinski definition) is 1. The summed E-state index contributed by atoms with van der Waals surface area (Å²) >= 11 is 1.18. The van der Waals surface area contributed by atoms with Crippen LogP contribution in [0, 0.1) is 6.92 Å². The Labute approximate surface area is 126 Å². The van der Waals surface area contributed by atoms with Crippen LogP contribution in [0.15, 0.2) is 21.9 Å². The first-order valence-electron chi connectivity index (χ1n) is 6.37. The number of esters is 1. The molecule has 0 atom stereocenters. The molecule has 0 saturated heterocycles. The number of nitrogens with two attached hydrogens (primary N) is 1. The predicted molar refractivity (Wildman–Crippen MR) is 79.2 cm³/mol. The topological polar surface area (TPSA) is 96.2 Å². The lowest BCUT2D eigenvalue weighted by atomic mass is 10.2. The Morgan fingerprint density at radius 2 is 2.19 bits per heavy atom. The molecule has 0 amide bonds. The Bertz CT molecular complexity index is 642. The van der Waals surface area contributed by atoms with Crippen molar-refractivity contribution in [2.45, 2.75) is 38.5 Å². The van der Waals surface area contributed by atoms with Crippen LogP contribution in [0.4, 0.5) is 0 Å². The number of ether oxygens (including phenoxy) is 1. The first-order chi connectivity index (χ1) is 9.78. The smallest absolute Gasteiger partial charge is 0.316 e. The van der Waals surface area contributed by atoms with Crippen LogP contribution >= 0.6 is 11.8 Å². The van der Waals surface area contributed by atoms with Crippen molar-refractivity contribution in [3.63, 3.8) is 0 Å². The average Bonchev–Trinajstić information content (AvgIpc) is 2.91. The number of hydrogen-bond acceptors (Lipinski definition) is 7. The Morgan fingerprint density at radius 3 is 2.76 bits per heavy atom. The van der Waals surface area contributed by atoms with Crippen molar-refractivity contribution in [2.24, 2.45) is 0 Å². The van der Waals surface area contributed by atoms with Crippen LogP contribution in [0.2, 0.25) is 0 Å². The van der Waals surface area contributed by atoms with E-state index in [1.807, 2.05) is 27.7 Å². The van der Waals surface area contributed by atoms with E-state index in [0.29, 0.717) is 16.7 Å². The van der Waals surface area contributed by atoms with Gasteiger partial charge in [-0.05, 0) is 33.8 Å². The molecule has 0 saturated carbocycles. The molecule has 0 fully saturated rings. The molecule has 0 spiro atoms. The molecule has 2 aromatic rings. The SMILES string of the molecule is Cc1occc1-c1nnc(SCC(=O)OC(C)(C)C)n1N. The molecule has 0 aromatic carbocycles. The summed E-state index contributed by atoms with van der Waals surface area (Å²) in [5.74, 6) is 6.95. The van der Waals surface area contributed by atoms with Crippen LogP contribution in [0.25, 0.3) is 11.4 Å². The van der Waals surface area contributed by atoms with E-state index in [1.165, 1.54) is 16.4 Å². The van der Waals surface area contributed by atoms with Crippen LogP contribution in [-0.2, 0) is 9.53 Å². The minimum Gasteiger partial charge on any atom is -0.469 e. The Kier molecular flexibility index (Phi) is 4.26. The zero-order chi connectivity index (χ0) is 15.6. The molecule has 0 unspecified atom stereocenters. The summed E-state index contributed by atoms with van der Waals surface area (Å²) < 4.78 is 11.8. The van der Waals surface area contributed by atoms with E-state index >= 15 is 0 Å². The number of nitrogens with zero attached hydrogens (tertiary/aromatic N) is 3. The highest BCUT2D eigenvalue weighted by Crippen LogP contribution is 2.25. The fourth-order valence-corrected chi connectivity index (χ4v) is 2.30. The second kappa shape index (κ2) is 5.80. The van der Waals surface area contributed by atoms with E-state index < -0.39 is 5.60 Å². The highest BCUT2D eigenvalue weighted by Gasteiger charge is 2.19. The summed E-state index contributed by atoms with van der Waals surface area (Å²) in [6.07, 6.45) is 1.56. The largest absolute Gasteiger partial charge is 0.469 e. The van der Waals surface area contributed by atoms with Gasteiger partial charge in [-0.2, -0.15) is 0 Å². The molecule has 0 aliphatic heterocycles. The molecule has 0 radical (unpaired) electrons. The van der Waals surface area contributed by atoms with Gasteiger partial charge in [0.05, 0.1) is 17.6 Å². The monoisotopic (exact) mass is 310 g/mol. The number of aryl methyl sites for hydroxylation is 1. The van der Waals surface area contributed by atoms with E-state index in [4.69, 9.17) is 15.0 Å². The van der Waals surface area contributed by atoms with E-state index in [1.54, 1.807) is 12.3 Å². The standard InChI is InChI=1S/C13H18N4O3S/c1-8-9(5-6-19-8)11-15-16-12(17(11)14)21-7-10(18)20-13(2,3)4/h5-6H,7,14H2,1-4H3. The van der Waals surface area contributed by atoms with Crippen LogP contribution in [0.5, 0.6) is 0 Å². The third kappa shape index (κ3) is 3.78. The maximum atomic E-state index is 11.7. The summed E-state index contributed by atoms with van der Waals surface area (Å²) in [5.41, 5.74) is 0.265. The number of rotatable bonds is 4. The van der Waals surface area contributed by atoms with Gasteiger partial charge in [-0.25, -0.2) is 4.68 Å². The second-order valence-electron chi connectivity index (χ2n) is 5.44. The minimum absolute atomic E-state index is 0.122. The van der Waals surface area contributed by atoms with Crippen molar-refractivity contribution in [2.75, 3.05) is 11.6 Å². The molecule has 2 heterocycles. The second-order valence-corrected chi connectivity index (χ2v) is 6.38. The summed E-state index contributed by atoms with van der Waals surface area (Å²) in [6, 6.07) is 1.77. The summed E-state index contributed by atoms with van der Waals surface area (Å²) in [5, 5.41) is 8.45. The normalized spacial score (nSPS) is 11.6. The molecule has 8 heteroatoms. The lowest BCUT2D eigenvalue weighted by Gasteiger charge is -2.19. The third-order valence-electron chi connectivity index (χ3n) is 2.50. The van der Waals surface area contributed by atoms with Crippen molar-refractivity contribution in [1.29, 1.82) is 0 Å². The summed E-state index contributed by atoms with van der Waals surface area (Å²) in [7, 11) is 0. The van der Waals surface area contributed by atoms with Gasteiger partial charge in [0.25, 0.3) is 0 Å². The zero-order valence-electron chi connectivity index (χ0n) is 12.4. The van der Waals surface area contributed by atoms with Gasteiger partial charge < -0.3 is 15.0 Å². The van der Waals surface area contributed by atoms with Gasteiger partial charge >= 0.3 is 5.97 Å². The van der Waals surface area contributed by atoms with E-state index in [9.17, 15) is 4.79 Å².